The Bertz CT molecular complexity index is 498. The highest BCUT2D eigenvalue weighted by Crippen LogP contribution is 2.29. The number of nitrogens with two attached hydrogens (primary N) is 1. The predicted molar refractivity (Wildman–Crippen MR) is 66.4 cm³/mol. The fourth-order valence-corrected chi connectivity index (χ4v) is 2.09. The van der Waals surface area contributed by atoms with Crippen LogP contribution in [0.1, 0.15) is 12.5 Å². The molecule has 86 valence electrons. The maximum atomic E-state index is 9.52. The number of benzene rings is 1. The molecule has 0 fully saturated rings. The normalized spacial score (nSPS) is 15.2. The SMILES string of the molecule is Cn1ccc2c(C(C)(CN)CO)cccc21. The summed E-state index contributed by atoms with van der Waals surface area (Å²) >= 11 is 0. The van der Waals surface area contributed by atoms with Gasteiger partial charge in [0.25, 0.3) is 0 Å². The van der Waals surface area contributed by atoms with E-state index >= 15 is 0 Å². The summed E-state index contributed by atoms with van der Waals surface area (Å²) < 4.78 is 2.08. The van der Waals surface area contributed by atoms with Gasteiger partial charge in [0.2, 0.25) is 0 Å². The highest BCUT2D eigenvalue weighted by atomic mass is 16.3. The molecule has 3 N–H and O–H groups in total. The van der Waals surface area contributed by atoms with Gasteiger partial charge in [-0.25, -0.2) is 0 Å². The molecule has 0 saturated heterocycles. The molecule has 0 amide bonds. The van der Waals surface area contributed by atoms with Crippen LogP contribution in [0.15, 0.2) is 30.5 Å². The number of aryl methyl sites for hydroxylation is 1. The van der Waals surface area contributed by atoms with Crippen LogP contribution in [-0.4, -0.2) is 22.8 Å². The van der Waals surface area contributed by atoms with Gasteiger partial charge in [0.15, 0.2) is 0 Å². The van der Waals surface area contributed by atoms with Gasteiger partial charge in [-0.15, -0.1) is 0 Å². The Balaban J connectivity index is 2.69. The first-order chi connectivity index (χ1) is 7.62. The van der Waals surface area contributed by atoms with Gasteiger partial charge in [-0.05, 0) is 17.7 Å². The summed E-state index contributed by atoms with van der Waals surface area (Å²) in [7, 11) is 2.02. The molecule has 0 spiro atoms. The molecule has 0 aliphatic heterocycles. The molecule has 0 aliphatic rings. The lowest BCUT2D eigenvalue weighted by atomic mass is 9.81. The van der Waals surface area contributed by atoms with Gasteiger partial charge in [0.1, 0.15) is 0 Å². The average Bonchev–Trinajstić information content (AvgIpc) is 2.70. The number of rotatable bonds is 3. The zero-order valence-electron chi connectivity index (χ0n) is 9.77. The number of aliphatic hydroxyl groups excluding tert-OH is 1. The molecule has 0 bridgehead atoms. The lowest BCUT2D eigenvalue weighted by Gasteiger charge is -2.26. The minimum absolute atomic E-state index is 0.0670. The molecule has 0 saturated carbocycles. The van der Waals surface area contributed by atoms with Gasteiger partial charge < -0.3 is 15.4 Å². The van der Waals surface area contributed by atoms with Crippen molar-refractivity contribution in [1.82, 2.24) is 4.57 Å². The first-order valence-electron chi connectivity index (χ1n) is 5.48. The third-order valence-electron chi connectivity index (χ3n) is 3.38. The van der Waals surface area contributed by atoms with Crippen LogP contribution in [0.3, 0.4) is 0 Å². The summed E-state index contributed by atoms with van der Waals surface area (Å²) in [6, 6.07) is 8.22. The van der Waals surface area contributed by atoms with E-state index in [4.69, 9.17) is 5.73 Å². The van der Waals surface area contributed by atoms with E-state index in [0.717, 1.165) is 5.56 Å². The van der Waals surface area contributed by atoms with E-state index in [1.807, 2.05) is 32.3 Å². The Kier molecular flexibility index (Phi) is 2.74. The lowest BCUT2D eigenvalue weighted by molar-refractivity contribution is 0.211. The monoisotopic (exact) mass is 218 g/mol. The van der Waals surface area contributed by atoms with E-state index < -0.39 is 0 Å². The van der Waals surface area contributed by atoms with Crippen molar-refractivity contribution in [3.63, 3.8) is 0 Å². The summed E-state index contributed by atoms with van der Waals surface area (Å²) in [4.78, 5) is 0. The first kappa shape index (κ1) is 11.2. The van der Waals surface area contributed by atoms with Gasteiger partial charge in [-0.3, -0.25) is 0 Å². The first-order valence-corrected chi connectivity index (χ1v) is 5.48. The third-order valence-corrected chi connectivity index (χ3v) is 3.38. The number of aliphatic hydroxyl groups is 1. The van der Waals surface area contributed by atoms with Crippen molar-refractivity contribution in [2.75, 3.05) is 13.2 Å². The van der Waals surface area contributed by atoms with Crippen LogP contribution in [-0.2, 0) is 12.5 Å². The maximum Gasteiger partial charge on any atom is 0.0537 e. The fraction of sp³-hybridized carbons (Fsp3) is 0.385. The number of aromatic nitrogens is 1. The van der Waals surface area contributed by atoms with Crippen molar-refractivity contribution in [1.29, 1.82) is 0 Å². The molecule has 3 heteroatoms. The molecule has 2 rings (SSSR count). The Morgan fingerprint density at radius 3 is 2.75 bits per heavy atom. The molecule has 16 heavy (non-hydrogen) atoms. The summed E-state index contributed by atoms with van der Waals surface area (Å²) in [5.74, 6) is 0. The smallest absolute Gasteiger partial charge is 0.0537 e. The van der Waals surface area contributed by atoms with Gasteiger partial charge in [0.05, 0.1) is 6.61 Å². The van der Waals surface area contributed by atoms with Crippen molar-refractivity contribution >= 4 is 10.9 Å². The number of fused-ring (bicyclic) bond motifs is 1. The van der Waals surface area contributed by atoms with E-state index in [-0.39, 0.29) is 12.0 Å². The highest BCUT2D eigenvalue weighted by molar-refractivity contribution is 5.84. The van der Waals surface area contributed by atoms with Crippen LogP contribution in [0.25, 0.3) is 10.9 Å². The van der Waals surface area contributed by atoms with Crippen LogP contribution in [0.5, 0.6) is 0 Å². The van der Waals surface area contributed by atoms with E-state index in [0.29, 0.717) is 6.54 Å². The molecule has 1 heterocycles. The summed E-state index contributed by atoms with van der Waals surface area (Å²) in [5.41, 5.74) is 7.71. The number of hydrogen-bond acceptors (Lipinski definition) is 2. The van der Waals surface area contributed by atoms with Crippen molar-refractivity contribution in [3.8, 4) is 0 Å². The molecule has 1 aromatic heterocycles. The van der Waals surface area contributed by atoms with Crippen molar-refractivity contribution in [2.24, 2.45) is 12.8 Å². The van der Waals surface area contributed by atoms with Crippen molar-refractivity contribution in [2.45, 2.75) is 12.3 Å². The molecule has 0 radical (unpaired) electrons. The summed E-state index contributed by atoms with van der Waals surface area (Å²) in [6.07, 6.45) is 2.03. The van der Waals surface area contributed by atoms with Crippen LogP contribution >= 0.6 is 0 Å². The predicted octanol–water partition coefficient (Wildman–Crippen LogP) is 1.39. The minimum atomic E-state index is -0.360. The van der Waals surface area contributed by atoms with Crippen LogP contribution in [0, 0.1) is 0 Å². The molecule has 1 unspecified atom stereocenters. The molecule has 3 nitrogen and oxygen atoms in total. The quantitative estimate of drug-likeness (QED) is 0.818. The average molecular weight is 218 g/mol. The van der Waals surface area contributed by atoms with Crippen LogP contribution < -0.4 is 5.73 Å². The second-order valence-corrected chi connectivity index (χ2v) is 4.59. The Morgan fingerprint density at radius 2 is 2.12 bits per heavy atom. The lowest BCUT2D eigenvalue weighted by Crippen LogP contribution is -2.35. The topological polar surface area (TPSA) is 51.2 Å². The highest BCUT2D eigenvalue weighted by Gasteiger charge is 2.26. The Labute approximate surface area is 95.5 Å². The Morgan fingerprint density at radius 1 is 1.38 bits per heavy atom. The largest absolute Gasteiger partial charge is 0.395 e. The molecular formula is C13H18N2O. The number of hydrogen-bond donors (Lipinski definition) is 2. The summed E-state index contributed by atoms with van der Waals surface area (Å²) in [5, 5.41) is 10.7. The van der Waals surface area contributed by atoms with Crippen LogP contribution in [0.2, 0.25) is 0 Å². The fourth-order valence-electron chi connectivity index (χ4n) is 2.09. The molecule has 1 aromatic carbocycles. The van der Waals surface area contributed by atoms with Crippen LogP contribution in [0.4, 0.5) is 0 Å². The van der Waals surface area contributed by atoms with E-state index in [1.165, 1.54) is 10.9 Å². The second kappa shape index (κ2) is 3.92. The maximum absolute atomic E-state index is 9.52. The van der Waals surface area contributed by atoms with E-state index in [1.54, 1.807) is 0 Å². The van der Waals surface area contributed by atoms with E-state index in [2.05, 4.69) is 16.7 Å². The van der Waals surface area contributed by atoms with E-state index in [9.17, 15) is 5.11 Å². The van der Waals surface area contributed by atoms with Crippen molar-refractivity contribution < 1.29 is 5.11 Å². The van der Waals surface area contributed by atoms with Gasteiger partial charge >= 0.3 is 0 Å². The standard InChI is InChI=1S/C13H18N2O/c1-13(8-14,9-16)11-4-3-5-12-10(11)6-7-15(12)2/h3-7,16H,8-9,14H2,1-2H3. The number of nitrogens with zero attached hydrogens (tertiary/aromatic N) is 1. The van der Waals surface area contributed by atoms with Gasteiger partial charge in [-0.2, -0.15) is 0 Å². The van der Waals surface area contributed by atoms with Crippen molar-refractivity contribution in [3.05, 3.63) is 36.0 Å². The third kappa shape index (κ3) is 1.52. The van der Waals surface area contributed by atoms with Gasteiger partial charge in [0, 0.05) is 36.1 Å². The van der Waals surface area contributed by atoms with Gasteiger partial charge in [-0.1, -0.05) is 19.1 Å². The summed E-state index contributed by atoms with van der Waals surface area (Å²) in [6.45, 7) is 2.50. The second-order valence-electron chi connectivity index (χ2n) is 4.59. The molecular weight excluding hydrogens is 200 g/mol. The molecule has 0 aliphatic carbocycles. The zero-order chi connectivity index (χ0) is 11.8. The zero-order valence-corrected chi connectivity index (χ0v) is 9.77. The Hall–Kier alpha value is -1.32. The molecule has 1 atom stereocenters. The minimum Gasteiger partial charge on any atom is -0.395 e. The molecule has 2 aromatic rings.